The predicted molar refractivity (Wildman–Crippen MR) is 160 cm³/mol. The maximum atomic E-state index is 14.3. The van der Waals surface area contributed by atoms with E-state index in [1.54, 1.807) is 4.90 Å². The van der Waals surface area contributed by atoms with E-state index in [4.69, 9.17) is 0 Å². The number of likely N-dealkylation sites (tertiary alicyclic amines) is 1. The zero-order valence-corrected chi connectivity index (χ0v) is 24.0. The number of rotatable bonds is 8. The number of hydrogen-bond acceptors (Lipinski definition) is 3. The molecule has 0 spiro atoms. The van der Waals surface area contributed by atoms with E-state index in [-0.39, 0.29) is 17.8 Å². The molecule has 2 aliphatic heterocycles. The number of amides is 4. The van der Waals surface area contributed by atoms with Gasteiger partial charge in [-0.25, -0.2) is 4.79 Å². The molecule has 2 heterocycles. The number of carbonyl (C=O) groups is 3. The number of piperidine rings is 1. The molecule has 0 aromatic heterocycles. The van der Waals surface area contributed by atoms with Crippen molar-refractivity contribution in [2.75, 3.05) is 45.8 Å². The van der Waals surface area contributed by atoms with Crippen LogP contribution in [0.2, 0.25) is 0 Å². The van der Waals surface area contributed by atoms with Crippen LogP contribution in [0.4, 0.5) is 4.79 Å². The van der Waals surface area contributed by atoms with Gasteiger partial charge in [-0.2, -0.15) is 0 Å². The molecule has 8 nitrogen and oxygen atoms in total. The number of nitrogens with one attached hydrogen (secondary N) is 2. The van der Waals surface area contributed by atoms with Crippen molar-refractivity contribution in [1.82, 2.24) is 20.4 Å². The third-order valence-corrected chi connectivity index (χ3v) is 8.44. The molecule has 2 aliphatic rings. The molecule has 2 atom stereocenters. The van der Waals surface area contributed by atoms with Crippen LogP contribution >= 0.6 is 0 Å². The molecule has 4 amide bonds. The summed E-state index contributed by atoms with van der Waals surface area (Å²) in [7, 11) is 0. The van der Waals surface area contributed by atoms with Gasteiger partial charge in [0.15, 0.2) is 0 Å². The fraction of sp³-hybridized carbons (Fsp3) is 0.424. The number of urea groups is 1. The van der Waals surface area contributed by atoms with E-state index in [1.807, 2.05) is 60.4 Å². The lowest BCUT2D eigenvalue weighted by atomic mass is 9.74. The van der Waals surface area contributed by atoms with Gasteiger partial charge in [0.1, 0.15) is 6.04 Å². The number of quaternary nitrogens is 1. The standard InChI is InChI=1S/C33H41N5O3/c1-2-35-31(40)33(23-25-9-4-3-5-10-25)15-8-18-38(24-33)30(39)29(36-32(41)37-19-16-34-17-20-37)22-26-13-14-27-11-6-7-12-28(27)21-26/h3-7,9-14,21,29,34H,2,8,15-20,22-24H2,1H3,(H,35,40)(H,36,41)/p+1/t29-,33+/m1/s1. The number of fused-ring (bicyclic) bond motifs is 1. The summed E-state index contributed by atoms with van der Waals surface area (Å²) in [6.45, 7) is 6.39. The number of benzene rings is 3. The van der Waals surface area contributed by atoms with Gasteiger partial charge in [-0.1, -0.05) is 72.8 Å². The Morgan fingerprint density at radius 1 is 0.878 bits per heavy atom. The first-order valence-electron chi connectivity index (χ1n) is 14.9. The van der Waals surface area contributed by atoms with Crippen molar-refractivity contribution in [3.8, 4) is 0 Å². The molecule has 0 unspecified atom stereocenters. The van der Waals surface area contributed by atoms with E-state index >= 15 is 0 Å². The van der Waals surface area contributed by atoms with Crippen molar-refractivity contribution >= 4 is 28.6 Å². The molecular weight excluding hydrogens is 514 g/mol. The first-order chi connectivity index (χ1) is 20.0. The molecule has 8 heteroatoms. The number of piperazine rings is 1. The highest BCUT2D eigenvalue weighted by molar-refractivity contribution is 5.90. The summed E-state index contributed by atoms with van der Waals surface area (Å²) < 4.78 is 0. The molecule has 5 rings (SSSR count). The van der Waals surface area contributed by atoms with E-state index in [1.165, 1.54) is 0 Å². The minimum Gasteiger partial charge on any atom is -0.356 e. The van der Waals surface area contributed by atoms with Gasteiger partial charge in [0.2, 0.25) is 11.8 Å². The summed E-state index contributed by atoms with van der Waals surface area (Å²) in [5.74, 6) is -0.141. The van der Waals surface area contributed by atoms with Gasteiger partial charge in [-0.3, -0.25) is 9.59 Å². The quantitative estimate of drug-likeness (QED) is 0.397. The summed E-state index contributed by atoms with van der Waals surface area (Å²) in [6.07, 6.45) is 2.39. The summed E-state index contributed by atoms with van der Waals surface area (Å²) >= 11 is 0. The minimum absolute atomic E-state index is 0.0129. The first-order valence-corrected chi connectivity index (χ1v) is 14.9. The van der Waals surface area contributed by atoms with Crippen LogP contribution in [0.3, 0.4) is 0 Å². The molecule has 0 radical (unpaired) electrons. The van der Waals surface area contributed by atoms with Gasteiger partial charge in [0.25, 0.3) is 0 Å². The zero-order valence-electron chi connectivity index (χ0n) is 24.0. The maximum absolute atomic E-state index is 14.3. The summed E-state index contributed by atoms with van der Waals surface area (Å²) in [5, 5.41) is 10.6. The van der Waals surface area contributed by atoms with E-state index in [9.17, 15) is 14.4 Å². The lowest BCUT2D eigenvalue weighted by molar-refractivity contribution is -0.661. The summed E-state index contributed by atoms with van der Waals surface area (Å²) in [5.41, 5.74) is 1.35. The van der Waals surface area contributed by atoms with Crippen LogP contribution in [0.1, 0.15) is 30.9 Å². The lowest BCUT2D eigenvalue weighted by Gasteiger charge is -2.43. The molecular formula is C33H42N5O3+. The van der Waals surface area contributed by atoms with Crippen molar-refractivity contribution < 1.29 is 19.7 Å². The van der Waals surface area contributed by atoms with Crippen LogP contribution in [-0.2, 0) is 22.4 Å². The Bertz CT molecular complexity index is 1360. The Kier molecular flexibility index (Phi) is 9.19. The number of hydrogen-bond donors (Lipinski definition) is 3. The molecule has 2 saturated heterocycles. The highest BCUT2D eigenvalue weighted by Crippen LogP contribution is 2.35. The van der Waals surface area contributed by atoms with E-state index in [2.05, 4.69) is 40.2 Å². The Morgan fingerprint density at radius 3 is 2.37 bits per heavy atom. The molecule has 216 valence electrons. The second kappa shape index (κ2) is 13.2. The van der Waals surface area contributed by atoms with Crippen molar-refractivity contribution in [2.45, 2.75) is 38.6 Å². The second-order valence-corrected chi connectivity index (χ2v) is 11.4. The Hall–Kier alpha value is -3.91. The molecule has 3 aromatic rings. The van der Waals surface area contributed by atoms with E-state index < -0.39 is 11.5 Å². The smallest absolute Gasteiger partial charge is 0.318 e. The minimum atomic E-state index is -0.726. The maximum Gasteiger partial charge on any atom is 0.318 e. The molecule has 4 N–H and O–H groups in total. The third kappa shape index (κ3) is 6.88. The van der Waals surface area contributed by atoms with Crippen LogP contribution in [0.25, 0.3) is 10.8 Å². The van der Waals surface area contributed by atoms with Crippen LogP contribution in [0.15, 0.2) is 72.8 Å². The largest absolute Gasteiger partial charge is 0.356 e. The topological polar surface area (TPSA) is 98.4 Å². The van der Waals surface area contributed by atoms with E-state index in [0.29, 0.717) is 52.0 Å². The van der Waals surface area contributed by atoms with Crippen LogP contribution < -0.4 is 16.0 Å². The molecule has 0 saturated carbocycles. The van der Waals surface area contributed by atoms with Gasteiger partial charge in [0, 0.05) is 26.1 Å². The molecule has 0 aliphatic carbocycles. The lowest BCUT2D eigenvalue weighted by Crippen LogP contribution is -2.90. The Labute approximate surface area is 242 Å². The average Bonchev–Trinajstić information content (AvgIpc) is 3.01. The second-order valence-electron chi connectivity index (χ2n) is 11.4. The van der Waals surface area contributed by atoms with Crippen molar-refractivity contribution in [1.29, 1.82) is 0 Å². The fourth-order valence-corrected chi connectivity index (χ4v) is 6.28. The van der Waals surface area contributed by atoms with Gasteiger partial charge in [-0.15, -0.1) is 0 Å². The van der Waals surface area contributed by atoms with Gasteiger partial charge in [-0.05, 0) is 48.1 Å². The molecule has 41 heavy (non-hydrogen) atoms. The number of carbonyl (C=O) groups excluding carboxylic acids is 3. The monoisotopic (exact) mass is 556 g/mol. The molecule has 2 fully saturated rings. The zero-order chi connectivity index (χ0) is 28.7. The van der Waals surface area contributed by atoms with Gasteiger partial charge >= 0.3 is 6.03 Å². The summed E-state index contributed by atoms with van der Waals surface area (Å²) in [6, 6.07) is 23.5. The van der Waals surface area contributed by atoms with Gasteiger partial charge < -0.3 is 25.8 Å². The van der Waals surface area contributed by atoms with E-state index in [0.717, 1.165) is 41.4 Å². The highest BCUT2D eigenvalue weighted by atomic mass is 16.2. The number of nitrogens with zero attached hydrogens (tertiary/aromatic N) is 2. The van der Waals surface area contributed by atoms with Crippen LogP contribution in [-0.4, -0.2) is 79.5 Å². The molecule has 3 aromatic carbocycles. The van der Waals surface area contributed by atoms with Gasteiger partial charge in [0.05, 0.1) is 31.6 Å². The summed E-state index contributed by atoms with van der Waals surface area (Å²) in [4.78, 5) is 44.7. The van der Waals surface area contributed by atoms with Crippen molar-refractivity contribution in [3.05, 3.63) is 83.9 Å². The first kappa shape index (κ1) is 28.6. The normalized spacial score (nSPS) is 19.9. The fourth-order valence-electron chi connectivity index (χ4n) is 6.28. The Morgan fingerprint density at radius 2 is 1.61 bits per heavy atom. The highest BCUT2D eigenvalue weighted by Gasteiger charge is 2.44. The Balaban J connectivity index is 1.40. The third-order valence-electron chi connectivity index (χ3n) is 8.44. The SMILES string of the molecule is CCNC(=O)[C@]1(Cc2ccccc2)CCCN(C(=O)[C@@H](Cc2ccc3ccccc3c2)NC(=O)N2CC[NH2+]CC2)C1. The van der Waals surface area contributed by atoms with Crippen LogP contribution in [0, 0.1) is 5.41 Å². The van der Waals surface area contributed by atoms with Crippen molar-refractivity contribution in [2.24, 2.45) is 5.41 Å². The van der Waals surface area contributed by atoms with Crippen molar-refractivity contribution in [3.63, 3.8) is 0 Å². The van der Waals surface area contributed by atoms with Crippen LogP contribution in [0.5, 0.6) is 0 Å². The number of nitrogens with two attached hydrogens (primary N) is 1. The molecule has 0 bridgehead atoms. The predicted octanol–water partition coefficient (Wildman–Crippen LogP) is 2.33. The average molecular weight is 557 g/mol.